The molecule has 0 aliphatic heterocycles. The summed E-state index contributed by atoms with van der Waals surface area (Å²) in [5.41, 5.74) is 2.18. The van der Waals surface area contributed by atoms with Gasteiger partial charge in [-0.3, -0.25) is 0 Å². The van der Waals surface area contributed by atoms with Crippen LogP contribution in [-0.4, -0.2) is 0 Å². The van der Waals surface area contributed by atoms with Crippen LogP contribution in [0.2, 0.25) is 0 Å². The predicted molar refractivity (Wildman–Crippen MR) is 150 cm³/mol. The molecule has 35 heavy (non-hydrogen) atoms. The highest BCUT2D eigenvalue weighted by Crippen LogP contribution is 2.55. The molecule has 0 N–H and O–H groups in total. The van der Waals surface area contributed by atoms with Gasteiger partial charge >= 0.3 is 0 Å². The van der Waals surface area contributed by atoms with E-state index in [-0.39, 0.29) is 5.82 Å². The van der Waals surface area contributed by atoms with Crippen LogP contribution in [0.25, 0.3) is 5.57 Å². The van der Waals surface area contributed by atoms with Crippen molar-refractivity contribution in [1.82, 2.24) is 0 Å². The number of halogens is 1. The molecule has 1 aromatic carbocycles. The molecule has 0 aromatic heterocycles. The fourth-order valence-electron chi connectivity index (χ4n) is 7.84. The van der Waals surface area contributed by atoms with Gasteiger partial charge < -0.3 is 0 Å². The summed E-state index contributed by atoms with van der Waals surface area (Å²) >= 11 is 0. The van der Waals surface area contributed by atoms with Crippen molar-refractivity contribution in [3.8, 4) is 0 Å². The van der Waals surface area contributed by atoms with Gasteiger partial charge in [0.25, 0.3) is 0 Å². The first-order valence-corrected chi connectivity index (χ1v) is 15.3. The number of hydrogen-bond acceptors (Lipinski definition) is 0. The van der Waals surface area contributed by atoms with Crippen molar-refractivity contribution in [2.75, 3.05) is 0 Å². The van der Waals surface area contributed by atoms with Gasteiger partial charge in [-0.15, -0.1) is 0 Å². The molecular formula is C34H51F. The van der Waals surface area contributed by atoms with Crippen molar-refractivity contribution in [3.63, 3.8) is 0 Å². The third-order valence-electron chi connectivity index (χ3n) is 10.1. The molecule has 4 rings (SSSR count). The Morgan fingerprint density at radius 1 is 0.743 bits per heavy atom. The number of allylic oxidation sites excluding steroid dienone is 4. The lowest BCUT2D eigenvalue weighted by Crippen LogP contribution is -2.41. The molecule has 2 saturated carbocycles. The average molecular weight is 479 g/mol. The second-order valence-electron chi connectivity index (χ2n) is 12.2. The minimum absolute atomic E-state index is 0.0870. The summed E-state index contributed by atoms with van der Waals surface area (Å²) in [4.78, 5) is 0. The van der Waals surface area contributed by atoms with Crippen LogP contribution in [0.3, 0.4) is 0 Å². The zero-order valence-corrected chi connectivity index (χ0v) is 22.7. The topological polar surface area (TPSA) is 0 Å². The van der Waals surface area contributed by atoms with Crippen molar-refractivity contribution >= 4 is 5.57 Å². The molecular weight excluding hydrogens is 427 g/mol. The molecule has 1 aromatic rings. The molecule has 0 nitrogen and oxygen atoms in total. The van der Waals surface area contributed by atoms with E-state index in [4.69, 9.17) is 0 Å². The van der Waals surface area contributed by atoms with E-state index in [1.165, 1.54) is 103 Å². The van der Waals surface area contributed by atoms with Crippen LogP contribution >= 0.6 is 0 Å². The van der Waals surface area contributed by atoms with Crippen molar-refractivity contribution in [2.45, 2.75) is 123 Å². The van der Waals surface area contributed by atoms with Crippen LogP contribution in [0.1, 0.15) is 129 Å². The fourth-order valence-corrected chi connectivity index (χ4v) is 7.84. The molecule has 0 bridgehead atoms. The number of rotatable bonds is 11. The van der Waals surface area contributed by atoms with Gasteiger partial charge in [-0.25, -0.2) is 4.39 Å². The maximum atomic E-state index is 14.5. The first-order valence-electron chi connectivity index (χ1n) is 15.3. The van der Waals surface area contributed by atoms with E-state index >= 15 is 0 Å². The summed E-state index contributed by atoms with van der Waals surface area (Å²) in [6.07, 6.45) is 31.0. The number of hydrogen-bond donors (Lipinski definition) is 0. The fraction of sp³-hybridized carbons (Fsp3) is 0.706. The average Bonchev–Trinajstić information content (AvgIpc) is 2.90. The smallest absolute Gasteiger partial charge is 0.131 e. The summed E-state index contributed by atoms with van der Waals surface area (Å²) in [6, 6.07) is 7.32. The summed E-state index contributed by atoms with van der Waals surface area (Å²) in [6.45, 7) is 4.63. The standard InChI is InChI=1S/C34H51F/c1-3-5-7-11-27-15-19-30(20-16-27)34(31-21-17-28(18-22-31)12-8-6-4-2)25-23-29(24-26-34)32-13-9-10-14-33(32)35/h9-10,13-14,23-25,27-28,30-31H,3-8,11-12,15-22,26H2,1-2H3. The van der Waals surface area contributed by atoms with E-state index in [1.54, 1.807) is 12.1 Å². The molecule has 0 atom stereocenters. The quantitative estimate of drug-likeness (QED) is 0.277. The summed E-state index contributed by atoms with van der Waals surface area (Å²) < 4.78 is 14.5. The monoisotopic (exact) mass is 478 g/mol. The largest absolute Gasteiger partial charge is 0.206 e. The second-order valence-corrected chi connectivity index (χ2v) is 12.2. The third-order valence-corrected chi connectivity index (χ3v) is 10.1. The molecule has 0 amide bonds. The Labute approximate surface area is 215 Å². The van der Waals surface area contributed by atoms with Gasteiger partial charge in [-0.2, -0.15) is 0 Å². The van der Waals surface area contributed by atoms with Gasteiger partial charge in [0.1, 0.15) is 5.82 Å². The zero-order chi connectivity index (χ0) is 24.5. The highest BCUT2D eigenvalue weighted by Gasteiger charge is 2.45. The lowest BCUT2D eigenvalue weighted by atomic mass is 9.54. The van der Waals surface area contributed by atoms with Gasteiger partial charge in [-0.05, 0) is 72.8 Å². The van der Waals surface area contributed by atoms with Crippen molar-refractivity contribution in [1.29, 1.82) is 0 Å². The van der Waals surface area contributed by atoms with Crippen LogP contribution in [-0.2, 0) is 0 Å². The Balaban J connectivity index is 1.45. The Kier molecular flexibility index (Phi) is 10.1. The van der Waals surface area contributed by atoms with E-state index in [0.29, 0.717) is 5.41 Å². The first-order chi connectivity index (χ1) is 17.2. The maximum Gasteiger partial charge on any atom is 0.131 e. The predicted octanol–water partition coefficient (Wildman–Crippen LogP) is 10.9. The highest BCUT2D eigenvalue weighted by atomic mass is 19.1. The van der Waals surface area contributed by atoms with Crippen LogP contribution in [0.5, 0.6) is 0 Å². The van der Waals surface area contributed by atoms with Gasteiger partial charge in [0.2, 0.25) is 0 Å². The molecule has 3 aliphatic rings. The third kappa shape index (κ3) is 6.69. The minimum atomic E-state index is -0.0870. The molecule has 0 unspecified atom stereocenters. The molecule has 0 spiro atoms. The number of benzene rings is 1. The van der Waals surface area contributed by atoms with Gasteiger partial charge in [-0.1, -0.05) is 127 Å². The Hall–Kier alpha value is -1.37. The summed E-state index contributed by atoms with van der Waals surface area (Å²) in [5.74, 6) is 3.45. The molecule has 3 aliphatic carbocycles. The highest BCUT2D eigenvalue weighted by molar-refractivity contribution is 5.75. The van der Waals surface area contributed by atoms with Crippen LogP contribution in [0, 0.1) is 34.9 Å². The normalized spacial score (nSPS) is 31.3. The maximum absolute atomic E-state index is 14.5. The molecule has 2 fully saturated rings. The molecule has 0 radical (unpaired) electrons. The van der Waals surface area contributed by atoms with Crippen LogP contribution in [0.15, 0.2) is 42.5 Å². The van der Waals surface area contributed by atoms with Crippen molar-refractivity contribution < 1.29 is 4.39 Å². The summed E-state index contributed by atoms with van der Waals surface area (Å²) in [7, 11) is 0. The lowest BCUT2D eigenvalue weighted by Gasteiger charge is -2.50. The molecule has 1 heteroatoms. The molecule has 0 saturated heterocycles. The lowest BCUT2D eigenvalue weighted by molar-refractivity contribution is 0.0473. The van der Waals surface area contributed by atoms with E-state index < -0.39 is 0 Å². The Bertz CT molecular complexity index is 787. The number of unbranched alkanes of at least 4 members (excludes halogenated alkanes) is 4. The first kappa shape index (κ1) is 26.7. The van der Waals surface area contributed by atoms with Gasteiger partial charge in [0.15, 0.2) is 0 Å². The molecule has 0 heterocycles. The van der Waals surface area contributed by atoms with E-state index in [2.05, 4.69) is 32.1 Å². The zero-order valence-electron chi connectivity index (χ0n) is 22.7. The van der Waals surface area contributed by atoms with E-state index in [1.807, 2.05) is 12.1 Å². The second kappa shape index (κ2) is 13.3. The van der Waals surface area contributed by atoms with Crippen molar-refractivity contribution in [2.24, 2.45) is 29.1 Å². The van der Waals surface area contributed by atoms with Gasteiger partial charge in [0.05, 0.1) is 0 Å². The van der Waals surface area contributed by atoms with Crippen molar-refractivity contribution in [3.05, 3.63) is 53.9 Å². The Morgan fingerprint density at radius 3 is 1.74 bits per heavy atom. The van der Waals surface area contributed by atoms with Crippen LogP contribution < -0.4 is 0 Å². The summed E-state index contributed by atoms with van der Waals surface area (Å²) in [5, 5.41) is 0. The molecule has 194 valence electrons. The van der Waals surface area contributed by atoms with Crippen LogP contribution in [0.4, 0.5) is 4.39 Å². The Morgan fingerprint density at radius 2 is 1.29 bits per heavy atom. The van der Waals surface area contributed by atoms with Gasteiger partial charge in [0, 0.05) is 5.56 Å². The van der Waals surface area contributed by atoms with E-state index in [9.17, 15) is 4.39 Å². The minimum Gasteiger partial charge on any atom is -0.206 e. The van der Waals surface area contributed by atoms with E-state index in [0.717, 1.165) is 41.2 Å². The SMILES string of the molecule is CCCCCC1CCC(C2(C3CCC(CCCCC)CC3)C=CC(c3ccccc3F)=CC2)CC1.